The summed E-state index contributed by atoms with van der Waals surface area (Å²) in [5.74, 6) is -0.164. The molecule has 0 fully saturated rings. The maximum absolute atomic E-state index is 11.7. The molecule has 140 valence electrons. The Morgan fingerprint density at radius 2 is 1.15 bits per heavy atom. The molecule has 26 heavy (non-hydrogen) atoms. The summed E-state index contributed by atoms with van der Waals surface area (Å²) < 4.78 is 0. The molecule has 0 aliphatic carbocycles. The van der Waals surface area contributed by atoms with Gasteiger partial charge in [0.25, 0.3) is 0 Å². The van der Waals surface area contributed by atoms with Crippen molar-refractivity contribution in [1.82, 2.24) is 0 Å². The van der Waals surface area contributed by atoms with Crippen LogP contribution in [0, 0.1) is 6.92 Å². The van der Waals surface area contributed by atoms with E-state index < -0.39 is 0 Å². The molecule has 0 heterocycles. The van der Waals surface area contributed by atoms with Crippen LogP contribution in [0.5, 0.6) is 0 Å². The quantitative estimate of drug-likeness (QED) is 0.607. The molecule has 0 aliphatic rings. The van der Waals surface area contributed by atoms with Gasteiger partial charge in [-0.05, 0) is 49.1 Å². The highest BCUT2D eigenvalue weighted by Crippen LogP contribution is 2.12. The van der Waals surface area contributed by atoms with Crippen molar-refractivity contribution in [2.24, 2.45) is 0 Å². The molecule has 0 saturated heterocycles. The van der Waals surface area contributed by atoms with Crippen LogP contribution in [0.15, 0.2) is 60.7 Å². The van der Waals surface area contributed by atoms with Gasteiger partial charge in [-0.2, -0.15) is 0 Å². The van der Waals surface area contributed by atoms with E-state index in [-0.39, 0.29) is 11.6 Å². The molecule has 2 rings (SSSR count). The van der Waals surface area contributed by atoms with Gasteiger partial charge in [-0.15, -0.1) is 0 Å². The van der Waals surface area contributed by atoms with Gasteiger partial charge in [-0.1, -0.05) is 81.8 Å². The Kier molecular flexibility index (Phi) is 12.5. The van der Waals surface area contributed by atoms with Crippen molar-refractivity contribution in [2.75, 3.05) is 0 Å². The predicted octanol–water partition coefficient (Wildman–Crippen LogP) is 5.90. The largest absolute Gasteiger partial charge is 0.295 e. The Morgan fingerprint density at radius 1 is 0.731 bits per heavy atom. The average molecular weight is 353 g/mol. The fourth-order valence-corrected chi connectivity index (χ4v) is 2.19. The zero-order valence-corrected chi connectivity index (χ0v) is 17.0. The predicted molar refractivity (Wildman–Crippen MR) is 112 cm³/mol. The second kappa shape index (κ2) is 13.8. The second-order valence-corrected chi connectivity index (χ2v) is 5.57. The van der Waals surface area contributed by atoms with Crippen molar-refractivity contribution in [1.29, 1.82) is 0 Å². The van der Waals surface area contributed by atoms with Crippen molar-refractivity contribution in [2.45, 2.75) is 54.4 Å². The number of hydrogen-bond acceptors (Lipinski definition) is 2. The van der Waals surface area contributed by atoms with Crippen LogP contribution in [0.3, 0.4) is 0 Å². The second-order valence-electron chi connectivity index (χ2n) is 5.57. The molecule has 0 bridgehead atoms. The molecule has 0 aromatic heterocycles. The van der Waals surface area contributed by atoms with Gasteiger partial charge in [0.2, 0.25) is 0 Å². The molecule has 0 radical (unpaired) electrons. The van der Waals surface area contributed by atoms with Crippen molar-refractivity contribution >= 4 is 11.6 Å². The van der Waals surface area contributed by atoms with Crippen LogP contribution in [0.1, 0.15) is 56.9 Å². The van der Waals surface area contributed by atoms with Gasteiger partial charge in [0.15, 0.2) is 11.6 Å². The first kappa shape index (κ1) is 23.5. The van der Waals surface area contributed by atoms with Crippen LogP contribution >= 0.6 is 0 Å². The van der Waals surface area contributed by atoms with Crippen LogP contribution < -0.4 is 0 Å². The lowest BCUT2D eigenvalue weighted by atomic mass is 10.0. The van der Waals surface area contributed by atoms with Crippen LogP contribution in [0.4, 0.5) is 0 Å². The number of benzene rings is 2. The maximum atomic E-state index is 11.7. The number of rotatable bonds is 6. The Labute approximate surface area is 159 Å². The standard InChI is InChI=1S/C20H20O2.2C2H6/c1-15-3-6-17(7-4-15)13-18-8-10-19(11-9-18)14-20(22)12-5-16(2)21;2*1-2/h3-12H,13-14H2,1-2H3;2*1-2H3/b12-5-;;. The van der Waals surface area contributed by atoms with E-state index in [2.05, 4.69) is 43.3 Å². The first-order chi connectivity index (χ1) is 12.5. The summed E-state index contributed by atoms with van der Waals surface area (Å²) >= 11 is 0. The summed E-state index contributed by atoms with van der Waals surface area (Å²) in [5, 5.41) is 0. The Bertz CT molecular complexity index is 677. The molecular weight excluding hydrogens is 320 g/mol. The molecule has 0 N–H and O–H groups in total. The summed E-state index contributed by atoms with van der Waals surface area (Å²) in [5.41, 5.74) is 4.72. The monoisotopic (exact) mass is 352 g/mol. The minimum Gasteiger partial charge on any atom is -0.295 e. The van der Waals surface area contributed by atoms with Crippen LogP contribution in [-0.2, 0) is 22.4 Å². The lowest BCUT2D eigenvalue weighted by Gasteiger charge is -2.04. The third kappa shape index (κ3) is 9.73. The van der Waals surface area contributed by atoms with E-state index in [1.54, 1.807) is 0 Å². The number of ketones is 2. The first-order valence-electron chi connectivity index (χ1n) is 9.38. The van der Waals surface area contributed by atoms with Gasteiger partial charge in [-0.25, -0.2) is 0 Å². The van der Waals surface area contributed by atoms with E-state index in [9.17, 15) is 9.59 Å². The van der Waals surface area contributed by atoms with E-state index in [1.807, 2.05) is 39.8 Å². The summed E-state index contributed by atoms with van der Waals surface area (Å²) in [4.78, 5) is 22.5. The number of carbonyl (C=O) groups is 2. The minimum atomic E-state index is -0.109. The highest BCUT2D eigenvalue weighted by Gasteiger charge is 2.02. The van der Waals surface area contributed by atoms with Gasteiger partial charge >= 0.3 is 0 Å². The molecule has 0 atom stereocenters. The average Bonchev–Trinajstić information content (AvgIpc) is 2.67. The first-order valence-corrected chi connectivity index (χ1v) is 9.38. The summed E-state index contributed by atoms with van der Waals surface area (Å²) in [6, 6.07) is 16.6. The summed E-state index contributed by atoms with van der Waals surface area (Å²) in [7, 11) is 0. The Hall–Kier alpha value is -2.48. The number of aryl methyl sites for hydroxylation is 1. The van der Waals surface area contributed by atoms with Gasteiger partial charge < -0.3 is 0 Å². The molecule has 0 saturated carbocycles. The van der Waals surface area contributed by atoms with E-state index in [0.717, 1.165) is 12.0 Å². The van der Waals surface area contributed by atoms with Crippen molar-refractivity contribution in [3.05, 3.63) is 82.9 Å². The van der Waals surface area contributed by atoms with Crippen molar-refractivity contribution in [3.63, 3.8) is 0 Å². The zero-order chi connectivity index (χ0) is 19.9. The van der Waals surface area contributed by atoms with E-state index in [0.29, 0.717) is 6.42 Å². The van der Waals surface area contributed by atoms with Gasteiger partial charge in [0, 0.05) is 6.42 Å². The number of allylic oxidation sites excluding steroid dienone is 2. The number of carbonyl (C=O) groups excluding carboxylic acids is 2. The fourth-order valence-electron chi connectivity index (χ4n) is 2.19. The van der Waals surface area contributed by atoms with E-state index >= 15 is 0 Å². The SMILES string of the molecule is CC.CC.CC(=O)/C=C\C(=O)Cc1ccc(Cc2ccc(C)cc2)cc1. The lowest BCUT2D eigenvalue weighted by Crippen LogP contribution is -1.99. The Morgan fingerprint density at radius 3 is 1.62 bits per heavy atom. The molecule has 0 amide bonds. The summed E-state index contributed by atoms with van der Waals surface area (Å²) in [6.45, 7) is 11.5. The van der Waals surface area contributed by atoms with Crippen LogP contribution in [0.2, 0.25) is 0 Å². The molecule has 0 unspecified atom stereocenters. The van der Waals surface area contributed by atoms with Crippen LogP contribution in [0.25, 0.3) is 0 Å². The summed E-state index contributed by atoms with van der Waals surface area (Å²) in [6.07, 6.45) is 3.88. The third-order valence-corrected chi connectivity index (χ3v) is 3.43. The maximum Gasteiger partial charge on any atom is 0.160 e. The van der Waals surface area contributed by atoms with Gasteiger partial charge in [-0.3, -0.25) is 9.59 Å². The lowest BCUT2D eigenvalue weighted by molar-refractivity contribution is -0.115. The Balaban J connectivity index is 0.00000146. The topological polar surface area (TPSA) is 34.1 Å². The van der Waals surface area contributed by atoms with Crippen LogP contribution in [-0.4, -0.2) is 11.6 Å². The van der Waals surface area contributed by atoms with Gasteiger partial charge in [0.05, 0.1) is 0 Å². The normalized spacial score (nSPS) is 9.62. The van der Waals surface area contributed by atoms with Gasteiger partial charge in [0.1, 0.15) is 0 Å². The smallest absolute Gasteiger partial charge is 0.160 e. The molecule has 0 aliphatic heterocycles. The molecule has 2 aromatic carbocycles. The molecule has 2 nitrogen and oxygen atoms in total. The highest BCUT2D eigenvalue weighted by atomic mass is 16.1. The molecule has 2 aromatic rings. The van der Waals surface area contributed by atoms with Crippen molar-refractivity contribution < 1.29 is 9.59 Å². The van der Waals surface area contributed by atoms with E-state index in [4.69, 9.17) is 0 Å². The molecule has 0 spiro atoms. The molecular formula is C24H32O2. The highest BCUT2D eigenvalue weighted by molar-refractivity contribution is 5.98. The van der Waals surface area contributed by atoms with E-state index in [1.165, 1.54) is 35.8 Å². The third-order valence-electron chi connectivity index (χ3n) is 3.43. The fraction of sp³-hybridized carbons (Fsp3) is 0.333. The molecule has 2 heteroatoms. The minimum absolute atomic E-state index is 0.0542. The van der Waals surface area contributed by atoms with Crippen molar-refractivity contribution in [3.8, 4) is 0 Å². The number of hydrogen-bond donors (Lipinski definition) is 0. The zero-order valence-electron chi connectivity index (χ0n) is 17.0.